The van der Waals surface area contributed by atoms with Gasteiger partial charge in [0.15, 0.2) is 0 Å². The molecule has 6 nitrogen and oxygen atoms in total. The Bertz CT molecular complexity index is 605. The zero-order chi connectivity index (χ0) is 13.8. The van der Waals surface area contributed by atoms with Crippen LogP contribution in [0.4, 0.5) is 0 Å². The minimum absolute atomic E-state index is 0.107. The van der Waals surface area contributed by atoms with Crippen molar-refractivity contribution in [2.75, 3.05) is 0 Å². The van der Waals surface area contributed by atoms with Crippen LogP contribution in [0.3, 0.4) is 0 Å². The highest BCUT2D eigenvalue weighted by Crippen LogP contribution is 2.22. The van der Waals surface area contributed by atoms with Crippen molar-refractivity contribution in [3.05, 3.63) is 47.5 Å². The summed E-state index contributed by atoms with van der Waals surface area (Å²) in [4.78, 5) is 25.2. The lowest BCUT2D eigenvalue weighted by Crippen LogP contribution is -1.96. The fourth-order valence-electron chi connectivity index (χ4n) is 1.31. The van der Waals surface area contributed by atoms with Crippen molar-refractivity contribution >= 4 is 23.7 Å². The molecule has 0 aliphatic carbocycles. The van der Waals surface area contributed by atoms with Gasteiger partial charge in [0.25, 0.3) is 0 Å². The molecule has 2 rings (SSSR count). The number of hydrogen-bond donors (Lipinski definition) is 2. The second-order valence-corrected chi connectivity index (χ2v) is 4.55. The van der Waals surface area contributed by atoms with Crippen molar-refractivity contribution in [3.8, 4) is 0 Å². The van der Waals surface area contributed by atoms with Gasteiger partial charge in [0.05, 0.1) is 16.3 Å². The monoisotopic (exact) mass is 279 g/mol. The molecule has 2 heterocycles. The summed E-state index contributed by atoms with van der Waals surface area (Å²) in [7, 11) is 0. The summed E-state index contributed by atoms with van der Waals surface area (Å²) < 4.78 is 5.09. The van der Waals surface area contributed by atoms with Gasteiger partial charge in [0, 0.05) is 6.20 Å². The summed E-state index contributed by atoms with van der Waals surface area (Å²) in [5.41, 5.74) is 0.121. The number of carboxylic acid groups (broad SMARTS) is 2. The minimum Gasteiger partial charge on any atom is -0.478 e. The van der Waals surface area contributed by atoms with Crippen molar-refractivity contribution in [1.82, 2.24) is 4.98 Å². The Morgan fingerprint density at radius 2 is 1.95 bits per heavy atom. The van der Waals surface area contributed by atoms with E-state index in [0.29, 0.717) is 16.5 Å². The molecule has 2 aromatic rings. The summed E-state index contributed by atoms with van der Waals surface area (Å²) in [6.45, 7) is 0. The summed E-state index contributed by atoms with van der Waals surface area (Å²) in [5, 5.41) is 18.1. The van der Waals surface area contributed by atoms with Crippen LogP contribution >= 0.6 is 11.8 Å². The lowest BCUT2D eigenvalue weighted by molar-refractivity contribution is 0.0658. The van der Waals surface area contributed by atoms with Crippen molar-refractivity contribution in [1.29, 1.82) is 0 Å². The van der Waals surface area contributed by atoms with Gasteiger partial charge in [0.1, 0.15) is 5.76 Å². The molecule has 0 saturated carbocycles. The molecular formula is C12H9NO5S. The molecule has 0 bridgehead atoms. The Balaban J connectivity index is 1.97. The van der Waals surface area contributed by atoms with Gasteiger partial charge in [-0.2, -0.15) is 0 Å². The fraction of sp³-hybridized carbons (Fsp3) is 0.0833. The molecular weight excluding hydrogens is 270 g/mol. The molecule has 0 aliphatic heterocycles. The average Bonchev–Trinajstić information content (AvgIpc) is 2.86. The SMILES string of the molecule is O=C(O)c1ccc(SCc2ccc(C(=O)O)o2)nc1. The van der Waals surface area contributed by atoms with E-state index in [4.69, 9.17) is 14.6 Å². The van der Waals surface area contributed by atoms with Gasteiger partial charge in [-0.3, -0.25) is 0 Å². The Kier molecular flexibility index (Phi) is 3.86. The molecule has 2 N–H and O–H groups in total. The van der Waals surface area contributed by atoms with E-state index >= 15 is 0 Å². The summed E-state index contributed by atoms with van der Waals surface area (Å²) >= 11 is 1.33. The van der Waals surface area contributed by atoms with Crippen molar-refractivity contribution in [2.24, 2.45) is 0 Å². The highest BCUT2D eigenvalue weighted by atomic mass is 32.2. The van der Waals surface area contributed by atoms with E-state index in [1.54, 1.807) is 12.1 Å². The molecule has 0 saturated heterocycles. The second-order valence-electron chi connectivity index (χ2n) is 3.55. The largest absolute Gasteiger partial charge is 0.478 e. The van der Waals surface area contributed by atoms with Gasteiger partial charge in [-0.25, -0.2) is 14.6 Å². The molecule has 19 heavy (non-hydrogen) atoms. The third kappa shape index (κ3) is 3.35. The van der Waals surface area contributed by atoms with Gasteiger partial charge >= 0.3 is 11.9 Å². The van der Waals surface area contributed by atoms with Gasteiger partial charge in [-0.05, 0) is 24.3 Å². The minimum atomic E-state index is -1.11. The fourth-order valence-corrected chi connectivity index (χ4v) is 2.04. The van der Waals surface area contributed by atoms with Crippen molar-refractivity contribution in [3.63, 3.8) is 0 Å². The number of hydrogen-bond acceptors (Lipinski definition) is 5. The molecule has 7 heteroatoms. The van der Waals surface area contributed by atoms with Gasteiger partial charge in [-0.1, -0.05) is 11.8 Å². The van der Waals surface area contributed by atoms with Crippen LogP contribution in [0.5, 0.6) is 0 Å². The van der Waals surface area contributed by atoms with Crippen LogP contribution in [0.1, 0.15) is 26.7 Å². The highest BCUT2D eigenvalue weighted by Gasteiger charge is 2.09. The number of aromatic carboxylic acids is 2. The van der Waals surface area contributed by atoms with Crippen LogP contribution in [0, 0.1) is 0 Å². The molecule has 0 aromatic carbocycles. The van der Waals surface area contributed by atoms with E-state index < -0.39 is 11.9 Å². The maximum atomic E-state index is 10.6. The number of thioether (sulfide) groups is 1. The number of pyridine rings is 1. The lowest BCUT2D eigenvalue weighted by atomic mass is 10.3. The Morgan fingerprint density at radius 1 is 1.16 bits per heavy atom. The maximum absolute atomic E-state index is 10.6. The quantitative estimate of drug-likeness (QED) is 0.810. The topological polar surface area (TPSA) is 101 Å². The molecule has 0 amide bonds. The Labute approximate surface area is 112 Å². The van der Waals surface area contributed by atoms with E-state index in [9.17, 15) is 9.59 Å². The molecule has 0 aliphatic rings. The van der Waals surface area contributed by atoms with Gasteiger partial charge < -0.3 is 14.6 Å². The zero-order valence-corrected chi connectivity index (χ0v) is 10.4. The first-order valence-corrected chi connectivity index (χ1v) is 6.19. The van der Waals surface area contributed by atoms with E-state index in [1.807, 2.05) is 0 Å². The molecule has 0 atom stereocenters. The van der Waals surface area contributed by atoms with Crippen LogP contribution in [0.15, 0.2) is 39.9 Å². The number of carbonyl (C=O) groups is 2. The molecule has 0 radical (unpaired) electrons. The second kappa shape index (κ2) is 5.57. The van der Waals surface area contributed by atoms with E-state index in [2.05, 4.69) is 4.98 Å². The Morgan fingerprint density at radius 3 is 2.47 bits per heavy atom. The highest BCUT2D eigenvalue weighted by molar-refractivity contribution is 7.98. The lowest BCUT2D eigenvalue weighted by Gasteiger charge is -1.99. The van der Waals surface area contributed by atoms with Crippen LogP contribution in [0.25, 0.3) is 0 Å². The molecule has 0 unspecified atom stereocenters. The van der Waals surface area contributed by atoms with E-state index in [0.717, 1.165) is 0 Å². The van der Waals surface area contributed by atoms with Crippen LogP contribution in [-0.4, -0.2) is 27.1 Å². The van der Waals surface area contributed by atoms with Gasteiger partial charge in [0.2, 0.25) is 5.76 Å². The van der Waals surface area contributed by atoms with Crippen LogP contribution in [0.2, 0.25) is 0 Å². The van der Waals surface area contributed by atoms with Crippen LogP contribution in [-0.2, 0) is 5.75 Å². The zero-order valence-electron chi connectivity index (χ0n) is 9.57. The third-order valence-electron chi connectivity index (χ3n) is 2.22. The normalized spacial score (nSPS) is 10.3. The summed E-state index contributed by atoms with van der Waals surface area (Å²) in [5.74, 6) is -1.30. The van der Waals surface area contributed by atoms with E-state index in [-0.39, 0.29) is 11.3 Å². The average molecular weight is 279 g/mol. The number of nitrogens with zero attached hydrogens (tertiary/aromatic N) is 1. The molecule has 0 spiro atoms. The van der Waals surface area contributed by atoms with Crippen LogP contribution < -0.4 is 0 Å². The first kappa shape index (κ1) is 13.2. The number of furan rings is 1. The predicted molar refractivity (Wildman–Crippen MR) is 66.4 cm³/mol. The standard InChI is InChI=1S/C12H9NO5S/c14-11(15)7-1-4-10(13-5-7)19-6-8-2-3-9(18-8)12(16)17/h1-5H,6H2,(H,14,15)(H,16,17). The first-order valence-electron chi connectivity index (χ1n) is 5.20. The molecule has 2 aromatic heterocycles. The number of rotatable bonds is 5. The maximum Gasteiger partial charge on any atom is 0.371 e. The smallest absolute Gasteiger partial charge is 0.371 e. The van der Waals surface area contributed by atoms with E-state index in [1.165, 1.54) is 30.1 Å². The van der Waals surface area contributed by atoms with Crippen molar-refractivity contribution < 1.29 is 24.2 Å². The molecule has 98 valence electrons. The summed E-state index contributed by atoms with van der Waals surface area (Å²) in [6.07, 6.45) is 1.27. The number of carboxylic acids is 2. The first-order chi connectivity index (χ1) is 9.06. The number of aromatic nitrogens is 1. The molecule has 0 fully saturated rings. The van der Waals surface area contributed by atoms with Crippen molar-refractivity contribution in [2.45, 2.75) is 10.8 Å². The summed E-state index contributed by atoms with van der Waals surface area (Å²) in [6, 6.07) is 6.03. The Hall–Kier alpha value is -2.28. The predicted octanol–water partition coefficient (Wildman–Crippen LogP) is 2.36. The van der Waals surface area contributed by atoms with Gasteiger partial charge in [-0.15, -0.1) is 0 Å². The third-order valence-corrected chi connectivity index (χ3v) is 3.18.